The van der Waals surface area contributed by atoms with E-state index in [1.807, 2.05) is 6.20 Å². The highest BCUT2D eigenvalue weighted by molar-refractivity contribution is 5.29. The topological polar surface area (TPSA) is 40.3 Å². The first-order chi connectivity index (χ1) is 9.14. The Kier molecular flexibility index (Phi) is 3.41. The Labute approximate surface area is 115 Å². The van der Waals surface area contributed by atoms with E-state index in [9.17, 15) is 0 Å². The lowest BCUT2D eigenvalue weighted by Crippen LogP contribution is -2.61. The molecule has 0 radical (unpaired) electrons. The first kappa shape index (κ1) is 13.2. The van der Waals surface area contributed by atoms with Gasteiger partial charge in [-0.15, -0.1) is 0 Å². The third-order valence-corrected chi connectivity index (χ3v) is 4.97. The Morgan fingerprint density at radius 2 is 2.05 bits per heavy atom. The summed E-state index contributed by atoms with van der Waals surface area (Å²) < 4.78 is 5.59. The molecule has 3 rings (SSSR count). The zero-order chi connectivity index (χ0) is 13.3. The third-order valence-electron chi connectivity index (χ3n) is 4.97. The number of aromatic nitrogens is 1. The molecule has 0 spiro atoms. The van der Waals surface area contributed by atoms with Gasteiger partial charge in [0.05, 0.1) is 13.2 Å². The van der Waals surface area contributed by atoms with Crippen molar-refractivity contribution in [1.82, 2.24) is 15.2 Å². The zero-order valence-corrected chi connectivity index (χ0v) is 12.0. The molecule has 0 aliphatic carbocycles. The molecule has 0 atom stereocenters. The second-order valence-corrected chi connectivity index (χ2v) is 6.58. The average Bonchev–Trinajstić information content (AvgIpc) is 2.81. The van der Waals surface area contributed by atoms with Crippen LogP contribution in [-0.2, 0) is 10.2 Å². The second-order valence-electron chi connectivity index (χ2n) is 6.58. The maximum absolute atomic E-state index is 5.59. The maximum Gasteiger partial charge on any atom is 0.0591 e. The van der Waals surface area contributed by atoms with Crippen LogP contribution in [0.3, 0.4) is 0 Å². The van der Waals surface area contributed by atoms with Crippen molar-refractivity contribution in [2.45, 2.75) is 19.3 Å². The lowest BCUT2D eigenvalue weighted by Gasteiger charge is -2.54. The van der Waals surface area contributed by atoms with Gasteiger partial charge >= 0.3 is 0 Å². The molecule has 4 nitrogen and oxygen atoms in total. The number of piperazine rings is 1. The fraction of sp³-hybridized carbons (Fsp3) is 0.733. The van der Waals surface area contributed by atoms with Crippen molar-refractivity contribution >= 4 is 0 Å². The minimum atomic E-state index is 0.178. The molecule has 4 heteroatoms. The maximum atomic E-state index is 5.59. The number of hydrogen-bond donors (Lipinski definition) is 2. The first-order valence-corrected chi connectivity index (χ1v) is 7.28. The number of aromatic amines is 1. The van der Waals surface area contributed by atoms with Crippen LogP contribution in [0, 0.1) is 5.41 Å². The van der Waals surface area contributed by atoms with Crippen molar-refractivity contribution in [2.24, 2.45) is 5.41 Å². The standard InChI is InChI=1S/C15H25N3O/c1-14(2,10-18-7-5-16-6-8-18)15(11-19-12-15)13-3-4-17-9-13/h3-4,9,16-17H,5-8,10-12H2,1-2H3. The van der Waals surface area contributed by atoms with E-state index in [1.165, 1.54) is 5.56 Å². The first-order valence-electron chi connectivity index (χ1n) is 7.28. The number of rotatable bonds is 4. The van der Waals surface area contributed by atoms with E-state index in [2.05, 4.69) is 41.3 Å². The van der Waals surface area contributed by atoms with Gasteiger partial charge in [-0.1, -0.05) is 13.8 Å². The minimum absolute atomic E-state index is 0.178. The van der Waals surface area contributed by atoms with Gasteiger partial charge in [0.15, 0.2) is 0 Å². The highest BCUT2D eigenvalue weighted by Crippen LogP contribution is 2.47. The summed E-state index contributed by atoms with van der Waals surface area (Å²) in [5.74, 6) is 0. The molecule has 0 aromatic carbocycles. The Morgan fingerprint density at radius 3 is 2.58 bits per heavy atom. The van der Waals surface area contributed by atoms with Gasteiger partial charge in [0.2, 0.25) is 0 Å². The summed E-state index contributed by atoms with van der Waals surface area (Å²) >= 11 is 0. The molecule has 2 aliphatic heterocycles. The van der Waals surface area contributed by atoms with E-state index in [-0.39, 0.29) is 10.8 Å². The molecule has 3 heterocycles. The van der Waals surface area contributed by atoms with Crippen LogP contribution in [0.2, 0.25) is 0 Å². The summed E-state index contributed by atoms with van der Waals surface area (Å²) in [5.41, 5.74) is 1.81. The van der Waals surface area contributed by atoms with Crippen LogP contribution in [0.1, 0.15) is 19.4 Å². The van der Waals surface area contributed by atoms with Crippen LogP contribution in [0.4, 0.5) is 0 Å². The van der Waals surface area contributed by atoms with Gasteiger partial charge in [-0.05, 0) is 17.0 Å². The van der Waals surface area contributed by atoms with Gasteiger partial charge in [-0.2, -0.15) is 0 Å². The molecule has 19 heavy (non-hydrogen) atoms. The molecule has 0 saturated carbocycles. The van der Waals surface area contributed by atoms with Crippen molar-refractivity contribution in [2.75, 3.05) is 45.9 Å². The van der Waals surface area contributed by atoms with Gasteiger partial charge in [0.25, 0.3) is 0 Å². The molecule has 2 saturated heterocycles. The van der Waals surface area contributed by atoms with Gasteiger partial charge in [-0.25, -0.2) is 0 Å². The van der Waals surface area contributed by atoms with E-state index >= 15 is 0 Å². The highest BCUT2D eigenvalue weighted by atomic mass is 16.5. The summed E-state index contributed by atoms with van der Waals surface area (Å²) in [6.45, 7) is 12.2. The van der Waals surface area contributed by atoms with Crippen molar-refractivity contribution < 1.29 is 4.74 Å². The summed E-state index contributed by atoms with van der Waals surface area (Å²) in [5, 5.41) is 3.42. The Bertz CT molecular complexity index is 403. The van der Waals surface area contributed by atoms with Gasteiger partial charge in [0.1, 0.15) is 0 Å². The Morgan fingerprint density at radius 1 is 1.32 bits per heavy atom. The van der Waals surface area contributed by atoms with E-state index < -0.39 is 0 Å². The second kappa shape index (κ2) is 4.93. The van der Waals surface area contributed by atoms with Crippen molar-refractivity contribution in [3.05, 3.63) is 24.0 Å². The fourth-order valence-corrected chi connectivity index (χ4v) is 3.46. The molecule has 106 valence electrons. The molecule has 2 aliphatic rings. The monoisotopic (exact) mass is 263 g/mol. The van der Waals surface area contributed by atoms with Gasteiger partial charge < -0.3 is 19.9 Å². The molecular formula is C15H25N3O. The van der Waals surface area contributed by atoms with Crippen molar-refractivity contribution in [3.8, 4) is 0 Å². The molecule has 1 aromatic heterocycles. The molecule has 0 amide bonds. The molecule has 0 unspecified atom stereocenters. The molecule has 0 bridgehead atoms. The minimum Gasteiger partial charge on any atom is -0.379 e. The Hall–Kier alpha value is -0.840. The Balaban J connectivity index is 1.77. The molecule has 2 N–H and O–H groups in total. The van der Waals surface area contributed by atoms with Crippen LogP contribution < -0.4 is 5.32 Å². The summed E-state index contributed by atoms with van der Waals surface area (Å²) in [4.78, 5) is 5.79. The molecule has 2 fully saturated rings. The van der Waals surface area contributed by atoms with E-state index in [0.29, 0.717) is 0 Å². The zero-order valence-electron chi connectivity index (χ0n) is 12.0. The van der Waals surface area contributed by atoms with Crippen LogP contribution in [0.5, 0.6) is 0 Å². The fourth-order valence-electron chi connectivity index (χ4n) is 3.46. The quantitative estimate of drug-likeness (QED) is 0.858. The predicted octanol–water partition coefficient (Wildman–Crippen LogP) is 1.21. The number of nitrogens with one attached hydrogen (secondary N) is 2. The smallest absolute Gasteiger partial charge is 0.0591 e. The SMILES string of the molecule is CC(C)(CN1CCNCC1)C1(c2cc[nH]c2)COC1. The third kappa shape index (κ3) is 2.22. The van der Waals surface area contributed by atoms with Crippen LogP contribution in [0.15, 0.2) is 18.5 Å². The van der Waals surface area contributed by atoms with Crippen LogP contribution in [-0.4, -0.2) is 55.8 Å². The lowest BCUT2D eigenvalue weighted by molar-refractivity contribution is -0.126. The summed E-state index contributed by atoms with van der Waals surface area (Å²) in [6.07, 6.45) is 4.17. The summed E-state index contributed by atoms with van der Waals surface area (Å²) in [7, 11) is 0. The van der Waals surface area contributed by atoms with Crippen LogP contribution >= 0.6 is 0 Å². The van der Waals surface area contributed by atoms with Crippen LogP contribution in [0.25, 0.3) is 0 Å². The number of ether oxygens (including phenoxy) is 1. The highest BCUT2D eigenvalue weighted by Gasteiger charge is 2.52. The van der Waals surface area contributed by atoms with Gasteiger partial charge in [-0.3, -0.25) is 0 Å². The lowest BCUT2D eigenvalue weighted by atomic mass is 9.60. The van der Waals surface area contributed by atoms with Gasteiger partial charge in [0, 0.05) is 50.5 Å². The average molecular weight is 263 g/mol. The molecular weight excluding hydrogens is 238 g/mol. The van der Waals surface area contributed by atoms with E-state index in [4.69, 9.17) is 4.74 Å². The van der Waals surface area contributed by atoms with E-state index in [1.54, 1.807) is 0 Å². The number of nitrogens with zero attached hydrogens (tertiary/aromatic N) is 1. The van der Waals surface area contributed by atoms with Crippen molar-refractivity contribution in [3.63, 3.8) is 0 Å². The van der Waals surface area contributed by atoms with Crippen molar-refractivity contribution in [1.29, 1.82) is 0 Å². The molecule has 1 aromatic rings. The number of H-pyrrole nitrogens is 1. The van der Waals surface area contributed by atoms with E-state index in [0.717, 1.165) is 45.9 Å². The largest absolute Gasteiger partial charge is 0.379 e. The summed E-state index contributed by atoms with van der Waals surface area (Å²) in [6, 6.07) is 2.21. The number of hydrogen-bond acceptors (Lipinski definition) is 3. The normalized spacial score (nSPS) is 24.1. The predicted molar refractivity (Wildman–Crippen MR) is 76.4 cm³/mol.